The van der Waals surface area contributed by atoms with Crippen molar-refractivity contribution in [2.75, 3.05) is 12.3 Å². The van der Waals surface area contributed by atoms with Crippen molar-refractivity contribution in [3.8, 4) is 0 Å². The summed E-state index contributed by atoms with van der Waals surface area (Å²) in [5.41, 5.74) is 6.97. The predicted molar refractivity (Wildman–Crippen MR) is 64.8 cm³/mol. The first kappa shape index (κ1) is 11.6. The lowest BCUT2D eigenvalue weighted by Gasteiger charge is -2.07. The third-order valence-electron chi connectivity index (χ3n) is 2.27. The SMILES string of the molecule is CCc1ccc(SCC(C)CN)cc1. The van der Waals surface area contributed by atoms with Crippen LogP contribution < -0.4 is 5.73 Å². The summed E-state index contributed by atoms with van der Waals surface area (Å²) in [4.78, 5) is 1.35. The van der Waals surface area contributed by atoms with Crippen molar-refractivity contribution in [2.24, 2.45) is 11.7 Å². The Labute approximate surface area is 91.1 Å². The fraction of sp³-hybridized carbons (Fsp3) is 0.500. The van der Waals surface area contributed by atoms with Crippen molar-refractivity contribution in [1.82, 2.24) is 0 Å². The van der Waals surface area contributed by atoms with Crippen LogP contribution in [0.3, 0.4) is 0 Å². The van der Waals surface area contributed by atoms with Gasteiger partial charge in [0.1, 0.15) is 0 Å². The van der Waals surface area contributed by atoms with E-state index in [-0.39, 0.29) is 0 Å². The maximum absolute atomic E-state index is 5.57. The highest BCUT2D eigenvalue weighted by molar-refractivity contribution is 7.99. The maximum atomic E-state index is 5.57. The minimum absolute atomic E-state index is 0.603. The van der Waals surface area contributed by atoms with E-state index in [1.165, 1.54) is 10.5 Å². The second kappa shape index (κ2) is 6.10. The molecule has 0 heterocycles. The first-order valence-corrected chi connectivity index (χ1v) is 6.16. The topological polar surface area (TPSA) is 26.0 Å². The molecule has 1 nitrogen and oxygen atoms in total. The Morgan fingerprint density at radius 1 is 1.29 bits per heavy atom. The smallest absolute Gasteiger partial charge is 0.00722 e. The van der Waals surface area contributed by atoms with Crippen LogP contribution in [0, 0.1) is 5.92 Å². The van der Waals surface area contributed by atoms with Gasteiger partial charge in [0.15, 0.2) is 0 Å². The van der Waals surface area contributed by atoms with Crippen LogP contribution in [0.15, 0.2) is 29.2 Å². The Balaban J connectivity index is 2.43. The van der Waals surface area contributed by atoms with E-state index in [1.807, 2.05) is 11.8 Å². The van der Waals surface area contributed by atoms with Gasteiger partial charge in [-0.05, 0) is 36.6 Å². The molecule has 0 aliphatic carbocycles. The Morgan fingerprint density at radius 3 is 2.43 bits per heavy atom. The number of aryl methyl sites for hydroxylation is 1. The third kappa shape index (κ3) is 3.72. The van der Waals surface area contributed by atoms with E-state index in [0.717, 1.165) is 18.7 Å². The maximum Gasteiger partial charge on any atom is 0.00722 e. The number of rotatable bonds is 5. The average Bonchev–Trinajstić information content (AvgIpc) is 2.26. The Kier molecular flexibility index (Phi) is 5.05. The molecule has 1 aromatic rings. The van der Waals surface area contributed by atoms with E-state index in [0.29, 0.717) is 5.92 Å². The molecule has 0 spiro atoms. The minimum Gasteiger partial charge on any atom is -0.330 e. The van der Waals surface area contributed by atoms with Crippen LogP contribution in [-0.2, 0) is 6.42 Å². The number of benzene rings is 1. The Morgan fingerprint density at radius 2 is 1.93 bits per heavy atom. The summed E-state index contributed by atoms with van der Waals surface area (Å²) in [5, 5.41) is 0. The molecule has 1 unspecified atom stereocenters. The Hall–Kier alpha value is -0.470. The molecule has 78 valence electrons. The molecule has 2 N–H and O–H groups in total. The molecule has 0 bridgehead atoms. The highest BCUT2D eigenvalue weighted by Gasteiger charge is 2.00. The van der Waals surface area contributed by atoms with Gasteiger partial charge in [0, 0.05) is 10.6 Å². The predicted octanol–water partition coefficient (Wildman–Crippen LogP) is 2.94. The molecule has 1 atom stereocenters. The lowest BCUT2D eigenvalue weighted by Crippen LogP contribution is -2.12. The zero-order chi connectivity index (χ0) is 10.4. The van der Waals surface area contributed by atoms with Gasteiger partial charge in [0.05, 0.1) is 0 Å². The summed E-state index contributed by atoms with van der Waals surface area (Å²) in [6.07, 6.45) is 1.12. The first-order valence-electron chi connectivity index (χ1n) is 5.18. The molecule has 1 rings (SSSR count). The van der Waals surface area contributed by atoms with E-state index in [2.05, 4.69) is 38.1 Å². The summed E-state index contributed by atoms with van der Waals surface area (Å²) < 4.78 is 0. The van der Waals surface area contributed by atoms with E-state index in [1.54, 1.807) is 0 Å². The molecule has 0 aromatic heterocycles. The number of hydrogen-bond donors (Lipinski definition) is 1. The molecule has 0 saturated heterocycles. The van der Waals surface area contributed by atoms with Crippen LogP contribution in [-0.4, -0.2) is 12.3 Å². The van der Waals surface area contributed by atoms with Gasteiger partial charge in [-0.2, -0.15) is 0 Å². The summed E-state index contributed by atoms with van der Waals surface area (Å²) in [5.74, 6) is 1.72. The van der Waals surface area contributed by atoms with Crippen LogP contribution >= 0.6 is 11.8 Å². The zero-order valence-electron chi connectivity index (χ0n) is 8.99. The summed E-state index contributed by atoms with van der Waals surface area (Å²) in [6.45, 7) is 5.14. The lowest BCUT2D eigenvalue weighted by atomic mass is 10.2. The quantitative estimate of drug-likeness (QED) is 0.755. The van der Waals surface area contributed by atoms with Gasteiger partial charge in [-0.1, -0.05) is 26.0 Å². The number of thioether (sulfide) groups is 1. The molecule has 1 aromatic carbocycles. The van der Waals surface area contributed by atoms with Crippen LogP contribution in [0.2, 0.25) is 0 Å². The molecule has 14 heavy (non-hydrogen) atoms. The van der Waals surface area contributed by atoms with E-state index in [9.17, 15) is 0 Å². The minimum atomic E-state index is 0.603. The zero-order valence-corrected chi connectivity index (χ0v) is 9.81. The number of nitrogens with two attached hydrogens (primary N) is 1. The molecule has 0 aliphatic heterocycles. The molecular formula is C12H19NS. The van der Waals surface area contributed by atoms with Gasteiger partial charge in [-0.3, -0.25) is 0 Å². The first-order chi connectivity index (χ1) is 6.76. The average molecular weight is 209 g/mol. The number of hydrogen-bond acceptors (Lipinski definition) is 2. The molecule has 2 heteroatoms. The van der Waals surface area contributed by atoms with Gasteiger partial charge in [0.25, 0.3) is 0 Å². The largest absolute Gasteiger partial charge is 0.330 e. The van der Waals surface area contributed by atoms with Gasteiger partial charge >= 0.3 is 0 Å². The lowest BCUT2D eigenvalue weighted by molar-refractivity contribution is 0.675. The summed E-state index contributed by atoms with van der Waals surface area (Å²) in [6, 6.07) is 8.81. The van der Waals surface area contributed by atoms with Crippen molar-refractivity contribution in [3.63, 3.8) is 0 Å². The standard InChI is InChI=1S/C12H19NS/c1-3-11-4-6-12(7-5-11)14-9-10(2)8-13/h4-7,10H,3,8-9,13H2,1-2H3. The molecular weight excluding hydrogens is 190 g/mol. The second-order valence-corrected chi connectivity index (χ2v) is 4.74. The van der Waals surface area contributed by atoms with Gasteiger partial charge in [-0.15, -0.1) is 11.8 Å². The monoisotopic (exact) mass is 209 g/mol. The van der Waals surface area contributed by atoms with Gasteiger partial charge < -0.3 is 5.73 Å². The van der Waals surface area contributed by atoms with Gasteiger partial charge in [0.2, 0.25) is 0 Å². The summed E-state index contributed by atoms with van der Waals surface area (Å²) in [7, 11) is 0. The van der Waals surface area contributed by atoms with Crippen LogP contribution in [0.25, 0.3) is 0 Å². The fourth-order valence-electron chi connectivity index (χ4n) is 1.13. The van der Waals surface area contributed by atoms with Crippen molar-refractivity contribution in [1.29, 1.82) is 0 Å². The van der Waals surface area contributed by atoms with Crippen molar-refractivity contribution in [3.05, 3.63) is 29.8 Å². The molecule has 0 saturated carbocycles. The highest BCUT2D eigenvalue weighted by atomic mass is 32.2. The van der Waals surface area contributed by atoms with Crippen molar-refractivity contribution < 1.29 is 0 Å². The molecule has 0 aliphatic rings. The van der Waals surface area contributed by atoms with Crippen LogP contribution in [0.5, 0.6) is 0 Å². The van der Waals surface area contributed by atoms with E-state index in [4.69, 9.17) is 5.73 Å². The third-order valence-corrected chi connectivity index (χ3v) is 3.61. The Bertz CT molecular complexity index is 256. The molecule has 0 amide bonds. The summed E-state index contributed by atoms with van der Waals surface area (Å²) >= 11 is 1.89. The van der Waals surface area contributed by atoms with Crippen LogP contribution in [0.1, 0.15) is 19.4 Å². The fourth-order valence-corrected chi connectivity index (χ4v) is 2.07. The van der Waals surface area contributed by atoms with Crippen molar-refractivity contribution in [2.45, 2.75) is 25.2 Å². The second-order valence-electron chi connectivity index (χ2n) is 3.65. The molecule has 0 fully saturated rings. The van der Waals surface area contributed by atoms with Crippen LogP contribution in [0.4, 0.5) is 0 Å². The van der Waals surface area contributed by atoms with Crippen molar-refractivity contribution >= 4 is 11.8 Å². The van der Waals surface area contributed by atoms with E-state index >= 15 is 0 Å². The van der Waals surface area contributed by atoms with Gasteiger partial charge in [-0.25, -0.2) is 0 Å². The highest BCUT2D eigenvalue weighted by Crippen LogP contribution is 2.20. The normalized spacial score (nSPS) is 12.8. The molecule has 0 radical (unpaired) electrons. The van der Waals surface area contributed by atoms with E-state index < -0.39 is 0 Å².